The molecule has 0 aliphatic carbocycles. The van der Waals surface area contributed by atoms with E-state index in [-0.39, 0.29) is 11.3 Å². The summed E-state index contributed by atoms with van der Waals surface area (Å²) in [5.41, 5.74) is -2.51. The number of amides is 1. The zero-order valence-electron chi connectivity index (χ0n) is 13.8. The maximum absolute atomic E-state index is 12.7. The number of hydrogen-bond donors (Lipinski definition) is 1. The van der Waals surface area contributed by atoms with Gasteiger partial charge >= 0.3 is 11.9 Å². The van der Waals surface area contributed by atoms with Crippen molar-refractivity contribution in [2.75, 3.05) is 5.32 Å². The number of nitriles is 1. The molecule has 0 radical (unpaired) electrons. The minimum atomic E-state index is -4.57. The Kier molecular flexibility index (Phi) is 4.61. The first-order chi connectivity index (χ1) is 12.7. The number of alkyl halides is 3. The van der Waals surface area contributed by atoms with Gasteiger partial charge in [-0.1, -0.05) is 6.07 Å². The van der Waals surface area contributed by atoms with Crippen LogP contribution in [0.25, 0.3) is 0 Å². The summed E-state index contributed by atoms with van der Waals surface area (Å²) < 4.78 is 40.1. The molecular weight excluding hydrogens is 365 g/mol. The predicted octanol–water partition coefficient (Wildman–Crippen LogP) is 1.49. The molecule has 3 rings (SSSR count). The second-order valence-corrected chi connectivity index (χ2v) is 5.99. The van der Waals surface area contributed by atoms with Crippen LogP contribution in [0.4, 0.5) is 18.9 Å². The Bertz CT molecular complexity index is 1080. The van der Waals surface area contributed by atoms with Crippen molar-refractivity contribution in [3.05, 3.63) is 61.9 Å². The normalized spacial score (nSPS) is 13.1. The van der Waals surface area contributed by atoms with Crippen LogP contribution in [0.15, 0.2) is 33.9 Å². The van der Waals surface area contributed by atoms with Gasteiger partial charge in [0.05, 0.1) is 5.56 Å². The molecule has 1 aliphatic rings. The van der Waals surface area contributed by atoms with Crippen LogP contribution in [0.2, 0.25) is 0 Å². The predicted molar refractivity (Wildman–Crippen MR) is 88.1 cm³/mol. The molecule has 0 bridgehead atoms. The molecule has 0 saturated carbocycles. The van der Waals surface area contributed by atoms with Crippen LogP contribution >= 0.6 is 0 Å². The molecular formula is C17H13F3N4O3. The molecule has 1 aromatic carbocycles. The van der Waals surface area contributed by atoms with Crippen molar-refractivity contribution >= 4 is 11.6 Å². The lowest BCUT2D eigenvalue weighted by atomic mass is 10.2. The average molecular weight is 378 g/mol. The SMILES string of the molecule is N#Cc1c2n(c(=O)n(CC(=O)Nc3cccc(C(F)(F)F)c3)c1=O)CCC2. The Labute approximate surface area is 150 Å². The van der Waals surface area contributed by atoms with Gasteiger partial charge in [0.2, 0.25) is 5.91 Å². The van der Waals surface area contributed by atoms with E-state index in [2.05, 4.69) is 5.32 Å². The van der Waals surface area contributed by atoms with Gasteiger partial charge < -0.3 is 5.32 Å². The van der Waals surface area contributed by atoms with Crippen LogP contribution in [-0.4, -0.2) is 15.0 Å². The van der Waals surface area contributed by atoms with Crippen LogP contribution in [0.3, 0.4) is 0 Å². The Morgan fingerprint density at radius 3 is 2.70 bits per heavy atom. The van der Waals surface area contributed by atoms with Crippen molar-refractivity contribution in [2.45, 2.75) is 32.1 Å². The number of carbonyl (C=O) groups is 1. The largest absolute Gasteiger partial charge is 0.416 e. The molecule has 2 aromatic rings. The van der Waals surface area contributed by atoms with Gasteiger partial charge in [-0.2, -0.15) is 18.4 Å². The minimum Gasteiger partial charge on any atom is -0.325 e. The van der Waals surface area contributed by atoms with Crippen molar-refractivity contribution in [3.8, 4) is 6.07 Å². The molecule has 0 fully saturated rings. The van der Waals surface area contributed by atoms with E-state index in [1.54, 1.807) is 6.07 Å². The highest BCUT2D eigenvalue weighted by Crippen LogP contribution is 2.30. The van der Waals surface area contributed by atoms with E-state index in [1.165, 1.54) is 10.6 Å². The molecule has 0 saturated heterocycles. The highest BCUT2D eigenvalue weighted by molar-refractivity contribution is 5.90. The van der Waals surface area contributed by atoms with E-state index in [0.717, 1.165) is 18.2 Å². The van der Waals surface area contributed by atoms with Crippen molar-refractivity contribution in [1.29, 1.82) is 5.26 Å². The van der Waals surface area contributed by atoms with Gasteiger partial charge in [-0.15, -0.1) is 0 Å². The highest BCUT2D eigenvalue weighted by atomic mass is 19.4. The summed E-state index contributed by atoms with van der Waals surface area (Å²) in [5.74, 6) is -0.851. The Morgan fingerprint density at radius 1 is 1.30 bits per heavy atom. The maximum Gasteiger partial charge on any atom is 0.416 e. The lowest BCUT2D eigenvalue weighted by Crippen LogP contribution is -2.44. The van der Waals surface area contributed by atoms with E-state index >= 15 is 0 Å². The number of rotatable bonds is 3. The molecule has 27 heavy (non-hydrogen) atoms. The topological polar surface area (TPSA) is 96.9 Å². The van der Waals surface area contributed by atoms with Crippen LogP contribution in [-0.2, 0) is 30.5 Å². The molecule has 0 unspecified atom stereocenters. The first-order valence-electron chi connectivity index (χ1n) is 7.96. The smallest absolute Gasteiger partial charge is 0.325 e. The summed E-state index contributed by atoms with van der Waals surface area (Å²) in [6, 6.07) is 5.74. The molecule has 1 amide bonds. The van der Waals surface area contributed by atoms with Crippen LogP contribution in [0.1, 0.15) is 23.2 Å². The lowest BCUT2D eigenvalue weighted by molar-refractivity contribution is -0.137. The van der Waals surface area contributed by atoms with Crippen LogP contribution in [0.5, 0.6) is 0 Å². The van der Waals surface area contributed by atoms with E-state index in [1.807, 2.05) is 0 Å². The molecule has 7 nitrogen and oxygen atoms in total. The number of nitrogens with zero attached hydrogens (tertiary/aromatic N) is 3. The average Bonchev–Trinajstić information content (AvgIpc) is 3.08. The van der Waals surface area contributed by atoms with E-state index in [4.69, 9.17) is 0 Å². The van der Waals surface area contributed by atoms with E-state index in [9.17, 15) is 32.8 Å². The minimum absolute atomic E-state index is 0.121. The quantitative estimate of drug-likeness (QED) is 0.875. The first-order valence-corrected chi connectivity index (χ1v) is 7.96. The van der Waals surface area contributed by atoms with Crippen molar-refractivity contribution in [3.63, 3.8) is 0 Å². The van der Waals surface area contributed by atoms with Gasteiger partial charge in [-0.25, -0.2) is 9.36 Å². The van der Waals surface area contributed by atoms with Crippen LogP contribution in [0, 0.1) is 11.3 Å². The summed E-state index contributed by atoms with van der Waals surface area (Å²) in [5, 5.41) is 11.4. The lowest BCUT2D eigenvalue weighted by Gasteiger charge is -2.12. The molecule has 10 heteroatoms. The van der Waals surface area contributed by atoms with Crippen molar-refractivity contribution in [1.82, 2.24) is 9.13 Å². The molecule has 1 N–H and O–H groups in total. The van der Waals surface area contributed by atoms with Gasteiger partial charge in [0, 0.05) is 17.9 Å². The zero-order valence-corrected chi connectivity index (χ0v) is 13.8. The third-order valence-corrected chi connectivity index (χ3v) is 4.22. The molecule has 0 spiro atoms. The molecule has 1 aliphatic heterocycles. The van der Waals surface area contributed by atoms with Gasteiger partial charge in [0.15, 0.2) is 0 Å². The van der Waals surface area contributed by atoms with Crippen LogP contribution < -0.4 is 16.6 Å². The van der Waals surface area contributed by atoms with Crippen molar-refractivity contribution < 1.29 is 18.0 Å². The standard InChI is InChI=1S/C17H13F3N4O3/c18-17(19,20)10-3-1-4-11(7-10)22-14(25)9-24-15(26)12(8-21)13-5-2-6-23(13)16(24)27/h1,3-4,7H,2,5-6,9H2,(H,22,25). The molecule has 1 aromatic heterocycles. The molecule has 0 atom stereocenters. The van der Waals surface area contributed by atoms with Gasteiger partial charge in [0.25, 0.3) is 5.56 Å². The highest BCUT2D eigenvalue weighted by Gasteiger charge is 2.30. The second-order valence-electron chi connectivity index (χ2n) is 5.99. The molecule has 2 heterocycles. The Balaban J connectivity index is 1.89. The zero-order chi connectivity index (χ0) is 19.8. The number of hydrogen-bond acceptors (Lipinski definition) is 4. The maximum atomic E-state index is 12.7. The summed E-state index contributed by atoms with van der Waals surface area (Å²) in [7, 11) is 0. The number of anilines is 1. The number of fused-ring (bicyclic) bond motifs is 1. The third kappa shape index (κ3) is 3.48. The summed E-state index contributed by atoms with van der Waals surface area (Å²) in [6.07, 6.45) is -3.55. The van der Waals surface area contributed by atoms with E-state index < -0.39 is 35.4 Å². The number of carbonyl (C=O) groups excluding carboxylic acids is 1. The molecule has 140 valence electrons. The summed E-state index contributed by atoms with van der Waals surface area (Å²) in [6.45, 7) is -0.374. The van der Waals surface area contributed by atoms with Gasteiger partial charge in [-0.05, 0) is 31.0 Å². The van der Waals surface area contributed by atoms with Crippen molar-refractivity contribution in [2.24, 2.45) is 0 Å². The number of benzene rings is 1. The summed E-state index contributed by atoms with van der Waals surface area (Å²) in [4.78, 5) is 36.9. The number of nitrogens with one attached hydrogen (secondary N) is 1. The number of aromatic nitrogens is 2. The monoisotopic (exact) mass is 378 g/mol. The fourth-order valence-electron chi connectivity index (χ4n) is 3.01. The second kappa shape index (κ2) is 6.75. The third-order valence-electron chi connectivity index (χ3n) is 4.22. The van der Waals surface area contributed by atoms with Gasteiger partial charge in [-0.3, -0.25) is 14.2 Å². The Morgan fingerprint density at radius 2 is 2.04 bits per heavy atom. The Hall–Kier alpha value is -3.35. The summed E-state index contributed by atoms with van der Waals surface area (Å²) >= 11 is 0. The fraction of sp³-hybridized carbons (Fsp3) is 0.294. The fourth-order valence-corrected chi connectivity index (χ4v) is 3.01. The van der Waals surface area contributed by atoms with Gasteiger partial charge in [0.1, 0.15) is 18.2 Å². The van der Waals surface area contributed by atoms with E-state index in [0.29, 0.717) is 29.6 Å². The number of halogens is 3. The first kappa shape index (κ1) is 18.4.